The standard InChI is InChI=1S/C6H7ClN2S.C2H6/c1-9-6(7)4-2-10-3-5(4)8-9;1-2/h2-3H2,1H3;1-2H3. The molecule has 1 aromatic heterocycles. The van der Waals surface area contributed by atoms with Crippen LogP contribution in [-0.4, -0.2) is 9.78 Å². The van der Waals surface area contributed by atoms with Gasteiger partial charge in [0.2, 0.25) is 0 Å². The van der Waals surface area contributed by atoms with E-state index in [0.717, 1.165) is 22.4 Å². The molecule has 0 aliphatic carbocycles. The molecule has 0 spiro atoms. The molecule has 0 unspecified atom stereocenters. The number of aromatic nitrogens is 2. The van der Waals surface area contributed by atoms with Crippen molar-refractivity contribution < 1.29 is 0 Å². The molecule has 1 aromatic rings. The summed E-state index contributed by atoms with van der Waals surface area (Å²) in [6.07, 6.45) is 0. The lowest BCUT2D eigenvalue weighted by atomic mass is 10.3. The summed E-state index contributed by atoms with van der Waals surface area (Å²) in [4.78, 5) is 0. The Morgan fingerprint density at radius 2 is 2.08 bits per heavy atom. The van der Waals surface area contributed by atoms with Gasteiger partial charge in [0, 0.05) is 24.1 Å². The van der Waals surface area contributed by atoms with E-state index in [-0.39, 0.29) is 0 Å². The summed E-state index contributed by atoms with van der Waals surface area (Å²) in [5.41, 5.74) is 2.40. The first-order valence-electron chi connectivity index (χ1n) is 4.07. The molecule has 2 nitrogen and oxygen atoms in total. The minimum absolute atomic E-state index is 0.806. The minimum Gasteiger partial charge on any atom is -0.256 e. The molecule has 0 radical (unpaired) electrons. The van der Waals surface area contributed by atoms with Gasteiger partial charge in [-0.3, -0.25) is 4.68 Å². The lowest BCUT2D eigenvalue weighted by Crippen LogP contribution is -1.90. The molecule has 68 valence electrons. The van der Waals surface area contributed by atoms with Crippen LogP contribution in [0.3, 0.4) is 0 Å². The van der Waals surface area contributed by atoms with Gasteiger partial charge in [-0.05, 0) is 0 Å². The molecule has 0 saturated carbocycles. The van der Waals surface area contributed by atoms with Crippen molar-refractivity contribution in [2.45, 2.75) is 25.4 Å². The molecule has 2 heterocycles. The maximum absolute atomic E-state index is 5.94. The Hall–Kier alpha value is -0.150. The SMILES string of the molecule is CC.Cn1nc2c(c1Cl)CSC2. The number of hydrogen-bond acceptors (Lipinski definition) is 2. The van der Waals surface area contributed by atoms with Crippen molar-refractivity contribution in [1.82, 2.24) is 9.78 Å². The van der Waals surface area contributed by atoms with E-state index in [4.69, 9.17) is 11.6 Å². The van der Waals surface area contributed by atoms with E-state index in [1.54, 1.807) is 4.68 Å². The number of rotatable bonds is 0. The second kappa shape index (κ2) is 4.19. The summed E-state index contributed by atoms with van der Waals surface area (Å²) in [6, 6.07) is 0. The highest BCUT2D eigenvalue weighted by Crippen LogP contribution is 2.33. The van der Waals surface area contributed by atoms with Gasteiger partial charge in [-0.15, -0.1) is 0 Å². The molecule has 0 atom stereocenters. The molecule has 0 bridgehead atoms. The van der Waals surface area contributed by atoms with Crippen molar-refractivity contribution in [2.75, 3.05) is 0 Å². The van der Waals surface area contributed by atoms with Gasteiger partial charge in [0.25, 0.3) is 0 Å². The largest absolute Gasteiger partial charge is 0.256 e. The minimum atomic E-state index is 0.806. The topological polar surface area (TPSA) is 17.8 Å². The fourth-order valence-electron chi connectivity index (χ4n) is 1.11. The van der Waals surface area contributed by atoms with Crippen LogP contribution < -0.4 is 0 Å². The van der Waals surface area contributed by atoms with E-state index in [2.05, 4.69) is 5.10 Å². The number of nitrogens with zero attached hydrogens (tertiary/aromatic N) is 2. The molecule has 4 heteroatoms. The molecule has 2 rings (SSSR count). The van der Waals surface area contributed by atoms with Crippen LogP contribution in [0.15, 0.2) is 0 Å². The van der Waals surface area contributed by atoms with Gasteiger partial charge >= 0.3 is 0 Å². The zero-order valence-electron chi connectivity index (χ0n) is 7.59. The summed E-state index contributed by atoms with van der Waals surface area (Å²) in [6.45, 7) is 4.00. The van der Waals surface area contributed by atoms with Gasteiger partial charge in [-0.25, -0.2) is 0 Å². The van der Waals surface area contributed by atoms with Gasteiger partial charge in [0.1, 0.15) is 5.15 Å². The van der Waals surface area contributed by atoms with Crippen molar-refractivity contribution in [3.05, 3.63) is 16.4 Å². The Kier molecular flexibility index (Phi) is 3.47. The maximum Gasteiger partial charge on any atom is 0.131 e. The van der Waals surface area contributed by atoms with Crippen LogP contribution in [0.1, 0.15) is 25.1 Å². The Morgan fingerprint density at radius 1 is 1.42 bits per heavy atom. The third-order valence-corrected chi connectivity index (χ3v) is 3.08. The van der Waals surface area contributed by atoms with Crippen LogP contribution in [0.5, 0.6) is 0 Å². The zero-order valence-corrected chi connectivity index (χ0v) is 9.17. The molecule has 0 N–H and O–H groups in total. The van der Waals surface area contributed by atoms with Crippen LogP contribution in [0.25, 0.3) is 0 Å². The maximum atomic E-state index is 5.94. The van der Waals surface area contributed by atoms with Crippen LogP contribution in [-0.2, 0) is 18.6 Å². The Bertz CT molecular complexity index is 270. The fourth-order valence-corrected chi connectivity index (χ4v) is 2.44. The van der Waals surface area contributed by atoms with E-state index >= 15 is 0 Å². The summed E-state index contributed by atoms with van der Waals surface area (Å²) < 4.78 is 1.74. The highest BCUT2D eigenvalue weighted by molar-refractivity contribution is 7.98. The van der Waals surface area contributed by atoms with Gasteiger partial charge < -0.3 is 0 Å². The van der Waals surface area contributed by atoms with Crippen LogP contribution in [0, 0.1) is 0 Å². The lowest BCUT2D eigenvalue weighted by Gasteiger charge is -1.92. The van der Waals surface area contributed by atoms with Gasteiger partial charge in [-0.2, -0.15) is 16.9 Å². The number of hydrogen-bond donors (Lipinski definition) is 0. The van der Waals surface area contributed by atoms with Crippen molar-refractivity contribution in [2.24, 2.45) is 7.05 Å². The van der Waals surface area contributed by atoms with E-state index in [9.17, 15) is 0 Å². The molecular formula is C8H13ClN2S. The summed E-state index contributed by atoms with van der Waals surface area (Å²) in [5.74, 6) is 2.05. The average molecular weight is 205 g/mol. The normalized spacial score (nSPS) is 13.7. The first kappa shape index (κ1) is 9.93. The van der Waals surface area contributed by atoms with Crippen molar-refractivity contribution in [1.29, 1.82) is 0 Å². The molecule has 12 heavy (non-hydrogen) atoms. The van der Waals surface area contributed by atoms with E-state index in [1.807, 2.05) is 32.7 Å². The van der Waals surface area contributed by atoms with E-state index in [1.165, 1.54) is 5.56 Å². The molecule has 0 amide bonds. The first-order valence-corrected chi connectivity index (χ1v) is 5.60. The predicted molar refractivity (Wildman–Crippen MR) is 54.6 cm³/mol. The first-order chi connectivity index (χ1) is 5.79. The lowest BCUT2D eigenvalue weighted by molar-refractivity contribution is 0.755. The van der Waals surface area contributed by atoms with Gasteiger partial charge in [-0.1, -0.05) is 25.4 Å². The Balaban J connectivity index is 0.000000336. The van der Waals surface area contributed by atoms with Crippen LogP contribution in [0.2, 0.25) is 5.15 Å². The molecule has 0 saturated heterocycles. The third kappa shape index (κ3) is 1.62. The molecule has 0 aromatic carbocycles. The summed E-state index contributed by atoms with van der Waals surface area (Å²) >= 11 is 7.81. The summed E-state index contributed by atoms with van der Waals surface area (Å²) in [5, 5.41) is 5.06. The summed E-state index contributed by atoms with van der Waals surface area (Å²) in [7, 11) is 1.88. The molecule has 1 aliphatic rings. The van der Waals surface area contributed by atoms with Crippen molar-refractivity contribution in [3.8, 4) is 0 Å². The molecular weight excluding hydrogens is 192 g/mol. The molecule has 1 aliphatic heterocycles. The second-order valence-corrected chi connectivity index (χ2v) is 3.68. The van der Waals surface area contributed by atoms with Crippen LogP contribution >= 0.6 is 23.4 Å². The zero-order chi connectivity index (χ0) is 9.14. The van der Waals surface area contributed by atoms with Crippen molar-refractivity contribution >= 4 is 23.4 Å². The van der Waals surface area contributed by atoms with Crippen LogP contribution in [0.4, 0.5) is 0 Å². The van der Waals surface area contributed by atoms with Gasteiger partial charge in [0.15, 0.2) is 0 Å². The highest BCUT2D eigenvalue weighted by Gasteiger charge is 2.19. The van der Waals surface area contributed by atoms with Crippen molar-refractivity contribution in [3.63, 3.8) is 0 Å². The van der Waals surface area contributed by atoms with E-state index < -0.39 is 0 Å². The Morgan fingerprint density at radius 3 is 2.67 bits per heavy atom. The quantitative estimate of drug-likeness (QED) is 0.647. The Labute approximate surface area is 82.3 Å². The average Bonchev–Trinajstić information content (AvgIpc) is 2.62. The van der Waals surface area contributed by atoms with E-state index in [0.29, 0.717) is 0 Å². The number of thioether (sulfide) groups is 1. The number of aryl methyl sites for hydroxylation is 1. The highest BCUT2D eigenvalue weighted by atomic mass is 35.5. The molecule has 0 fully saturated rings. The third-order valence-electron chi connectivity index (χ3n) is 1.64. The number of halogens is 1. The van der Waals surface area contributed by atoms with Gasteiger partial charge in [0.05, 0.1) is 5.69 Å². The smallest absolute Gasteiger partial charge is 0.131 e. The predicted octanol–water partition coefficient (Wildman–Crippen LogP) is 2.85. The fraction of sp³-hybridized carbons (Fsp3) is 0.625. The second-order valence-electron chi connectivity index (χ2n) is 2.33. The number of fused-ring (bicyclic) bond motifs is 1. The monoisotopic (exact) mass is 204 g/mol.